The van der Waals surface area contributed by atoms with Crippen molar-refractivity contribution in [3.63, 3.8) is 0 Å². The predicted octanol–water partition coefficient (Wildman–Crippen LogP) is 9.55. The number of unbranched alkanes of at least 4 members (excludes halogenated alkanes) is 20. The maximum Gasteiger partial charge on any atom is 0.323 e. The van der Waals surface area contributed by atoms with Crippen LogP contribution in [0.3, 0.4) is 0 Å². The number of rotatable bonds is 42. The van der Waals surface area contributed by atoms with Crippen molar-refractivity contribution in [2.24, 2.45) is 23.3 Å². The van der Waals surface area contributed by atoms with Crippen molar-refractivity contribution in [3.05, 3.63) is 0 Å². The lowest BCUT2D eigenvalue weighted by atomic mass is 10.0. The third-order valence-corrected chi connectivity index (χ3v) is 11.2. The van der Waals surface area contributed by atoms with Crippen molar-refractivity contribution < 1.29 is 56.6 Å². The first kappa shape index (κ1) is 58.9. The number of carbonyl (C=O) groups excluding carboxylic acids is 4. The van der Waals surface area contributed by atoms with Crippen molar-refractivity contribution >= 4 is 31.7 Å². The Kier molecular flexibility index (Phi) is 37.1. The largest absolute Gasteiger partial charge is 0.756 e. The number of carbonyl (C=O) groups is 4. The molecule has 0 aromatic heterocycles. The summed E-state index contributed by atoms with van der Waals surface area (Å²) < 4.78 is 44.7. The van der Waals surface area contributed by atoms with Gasteiger partial charge >= 0.3 is 23.9 Å². The van der Waals surface area contributed by atoms with Crippen LogP contribution in [0.15, 0.2) is 0 Å². The summed E-state index contributed by atoms with van der Waals surface area (Å²) in [6.07, 6.45) is 23.2. The number of ether oxygens (including phenoxy) is 4. The molecule has 0 aromatic rings. The fourth-order valence-electron chi connectivity index (χ4n) is 6.73. The molecule has 0 aliphatic carbocycles. The van der Waals surface area contributed by atoms with Gasteiger partial charge in [-0.2, -0.15) is 0 Å². The molecule has 0 bridgehead atoms. The number of nitrogens with two attached hydrogens (primary N) is 2. The summed E-state index contributed by atoms with van der Waals surface area (Å²) in [5, 5.41) is 0. The van der Waals surface area contributed by atoms with E-state index < -0.39 is 82.4 Å². The predicted molar refractivity (Wildman–Crippen MR) is 238 cm³/mol. The van der Waals surface area contributed by atoms with Gasteiger partial charge in [-0.3, -0.25) is 23.7 Å². The van der Waals surface area contributed by atoms with Crippen LogP contribution in [0.25, 0.3) is 0 Å². The lowest BCUT2D eigenvalue weighted by Gasteiger charge is -2.28. The van der Waals surface area contributed by atoms with Crippen LogP contribution in [-0.4, -0.2) is 74.6 Å². The molecule has 0 saturated heterocycles. The Morgan fingerprint density at radius 2 is 0.820 bits per heavy atom. The van der Waals surface area contributed by atoms with Gasteiger partial charge in [0, 0.05) is 12.8 Å². The molecule has 0 fully saturated rings. The van der Waals surface area contributed by atoms with Crippen molar-refractivity contribution in [2.75, 3.05) is 26.4 Å². The van der Waals surface area contributed by atoms with Crippen LogP contribution in [0.5, 0.6) is 0 Å². The van der Waals surface area contributed by atoms with Crippen LogP contribution in [0.1, 0.15) is 208 Å². The minimum Gasteiger partial charge on any atom is -0.756 e. The highest BCUT2D eigenvalue weighted by Gasteiger charge is 2.27. The second-order valence-corrected chi connectivity index (χ2v) is 19.0. The summed E-state index contributed by atoms with van der Waals surface area (Å²) in [5.41, 5.74) is 11.9. The van der Waals surface area contributed by atoms with Gasteiger partial charge in [-0.25, -0.2) is 0 Å². The van der Waals surface area contributed by atoms with Gasteiger partial charge in [0.05, 0.1) is 13.2 Å². The molecule has 2 unspecified atom stereocenters. The Balaban J connectivity index is 5.26. The van der Waals surface area contributed by atoms with Gasteiger partial charge in [-0.05, 0) is 37.5 Å². The summed E-state index contributed by atoms with van der Waals surface area (Å²) in [6, 6.07) is -1.94. The Labute approximate surface area is 370 Å². The molecular weight excluding hydrogens is 803 g/mol. The molecule has 5 atom stereocenters. The van der Waals surface area contributed by atoms with Gasteiger partial charge in [-0.15, -0.1) is 0 Å². The molecule has 4 N–H and O–H groups in total. The van der Waals surface area contributed by atoms with E-state index in [1.807, 2.05) is 27.7 Å². The van der Waals surface area contributed by atoms with Gasteiger partial charge in [0.1, 0.15) is 25.3 Å². The lowest BCUT2D eigenvalue weighted by molar-refractivity contribution is -0.231. The summed E-state index contributed by atoms with van der Waals surface area (Å²) in [7, 11) is -5.12. The molecule has 15 heteroatoms. The topological polar surface area (TPSA) is 216 Å². The second kappa shape index (κ2) is 38.4. The standard InChI is InChI=1S/C46H89N2O12P/c1-7-9-11-13-15-17-19-21-23-25-27-29-43(49)55-33-39(59-44(50)30-28-26-24-22-20-18-16-14-12-10-8-2)35-57-61(53,54)58-36-40(60-46(52)42(48)32-38(5)6)34-56-45(51)41(47)31-37(3)4/h37-42H,7-36,47-48H2,1-6H3,(H,53,54)/p-1/t39-,40?,41+,42+/m1/s1. The summed E-state index contributed by atoms with van der Waals surface area (Å²) in [6.45, 7) is 9.57. The van der Waals surface area contributed by atoms with Crippen molar-refractivity contribution in [3.8, 4) is 0 Å². The van der Waals surface area contributed by atoms with E-state index in [4.69, 9.17) is 39.5 Å². The van der Waals surface area contributed by atoms with Crippen LogP contribution in [0.2, 0.25) is 0 Å². The normalized spacial score (nSPS) is 14.6. The van der Waals surface area contributed by atoms with Crippen molar-refractivity contribution in [1.82, 2.24) is 0 Å². The number of esters is 4. The first-order chi connectivity index (χ1) is 29.1. The summed E-state index contributed by atoms with van der Waals surface area (Å²) in [5.74, 6) is -2.43. The molecule has 0 rings (SSSR count). The van der Waals surface area contributed by atoms with Crippen molar-refractivity contribution in [2.45, 2.75) is 233 Å². The Morgan fingerprint density at radius 1 is 0.475 bits per heavy atom. The number of hydrogen-bond acceptors (Lipinski definition) is 14. The van der Waals surface area contributed by atoms with E-state index in [1.54, 1.807) is 0 Å². The molecule has 0 amide bonds. The van der Waals surface area contributed by atoms with Crippen LogP contribution >= 0.6 is 7.82 Å². The molecular formula is C46H88N2O12P-. The fraction of sp³-hybridized carbons (Fsp3) is 0.913. The lowest BCUT2D eigenvalue weighted by Crippen LogP contribution is -2.40. The minimum atomic E-state index is -5.12. The second-order valence-electron chi connectivity index (χ2n) is 17.6. The number of phosphoric acid groups is 1. The van der Waals surface area contributed by atoms with E-state index in [0.29, 0.717) is 25.7 Å². The van der Waals surface area contributed by atoms with Crippen LogP contribution in [0, 0.1) is 11.8 Å². The zero-order valence-corrected chi connectivity index (χ0v) is 40.1. The van der Waals surface area contributed by atoms with Gasteiger partial charge in [0.15, 0.2) is 12.2 Å². The summed E-state index contributed by atoms with van der Waals surface area (Å²) in [4.78, 5) is 63.6. The fourth-order valence-corrected chi connectivity index (χ4v) is 7.50. The third kappa shape index (κ3) is 37.0. The van der Waals surface area contributed by atoms with Gasteiger partial charge < -0.3 is 44.4 Å². The molecule has 0 aliphatic heterocycles. The third-order valence-electron chi connectivity index (χ3n) is 10.3. The maximum atomic E-state index is 13.0. The molecule has 0 aromatic carbocycles. The molecule has 61 heavy (non-hydrogen) atoms. The molecule has 0 heterocycles. The average molecular weight is 892 g/mol. The Hall–Kier alpha value is -2.09. The van der Waals surface area contributed by atoms with Gasteiger partial charge in [0.25, 0.3) is 7.82 Å². The average Bonchev–Trinajstić information content (AvgIpc) is 3.20. The molecule has 0 aliphatic rings. The Bertz CT molecular complexity index is 1170. The summed E-state index contributed by atoms with van der Waals surface area (Å²) >= 11 is 0. The van der Waals surface area contributed by atoms with Gasteiger partial charge in [0.2, 0.25) is 0 Å². The minimum absolute atomic E-state index is 0.0740. The number of phosphoric ester groups is 1. The quantitative estimate of drug-likeness (QED) is 0.0253. The van der Waals surface area contributed by atoms with E-state index in [-0.39, 0.29) is 24.7 Å². The molecule has 360 valence electrons. The van der Waals surface area contributed by atoms with Crippen LogP contribution in [-0.2, 0) is 51.7 Å². The number of hydrogen-bond donors (Lipinski definition) is 2. The van der Waals surface area contributed by atoms with Crippen LogP contribution < -0.4 is 16.4 Å². The maximum absolute atomic E-state index is 13.0. The van der Waals surface area contributed by atoms with Gasteiger partial charge in [-0.1, -0.05) is 170 Å². The molecule has 0 spiro atoms. The van der Waals surface area contributed by atoms with Crippen LogP contribution in [0.4, 0.5) is 0 Å². The Morgan fingerprint density at radius 3 is 1.23 bits per heavy atom. The van der Waals surface area contributed by atoms with Crippen molar-refractivity contribution in [1.29, 1.82) is 0 Å². The van der Waals surface area contributed by atoms with E-state index in [1.165, 1.54) is 89.9 Å². The monoisotopic (exact) mass is 892 g/mol. The zero-order chi connectivity index (χ0) is 45.7. The van der Waals surface area contributed by atoms with E-state index >= 15 is 0 Å². The van der Waals surface area contributed by atoms with E-state index in [2.05, 4.69) is 13.8 Å². The highest BCUT2D eigenvalue weighted by atomic mass is 31.2. The first-order valence-electron chi connectivity index (χ1n) is 23.9. The smallest absolute Gasteiger partial charge is 0.323 e. The zero-order valence-electron chi connectivity index (χ0n) is 39.2. The molecule has 14 nitrogen and oxygen atoms in total. The molecule has 0 radical (unpaired) electrons. The van der Waals surface area contributed by atoms with E-state index in [9.17, 15) is 28.6 Å². The highest BCUT2D eigenvalue weighted by Crippen LogP contribution is 2.39. The highest BCUT2D eigenvalue weighted by molar-refractivity contribution is 7.45. The molecule has 0 saturated carbocycles. The first-order valence-corrected chi connectivity index (χ1v) is 25.4. The van der Waals surface area contributed by atoms with E-state index in [0.717, 1.165) is 38.5 Å². The SMILES string of the molecule is CCCCCCCCCCCCCC(=O)OC[C@H](COP(=O)([O-])OCC(COC(=O)[C@@H](N)CC(C)C)OC(=O)[C@@H](N)CC(C)C)OC(=O)CCCCCCCCCCCCC.